The van der Waals surface area contributed by atoms with E-state index < -0.39 is 0 Å². The Morgan fingerprint density at radius 3 is 2.75 bits per heavy atom. The van der Waals surface area contributed by atoms with Gasteiger partial charge < -0.3 is 14.7 Å². The Bertz CT molecular complexity index is 265. The maximum absolute atomic E-state index is 12.2. The first-order chi connectivity index (χ1) is 7.61. The molecule has 1 amide bonds. The van der Waals surface area contributed by atoms with Gasteiger partial charge in [0.25, 0.3) is 0 Å². The highest BCUT2D eigenvalue weighted by Gasteiger charge is 2.37. The third-order valence-corrected chi connectivity index (χ3v) is 3.56. The summed E-state index contributed by atoms with van der Waals surface area (Å²) in [6.45, 7) is 5.16. The van der Waals surface area contributed by atoms with Crippen molar-refractivity contribution in [3.63, 3.8) is 0 Å². The van der Waals surface area contributed by atoms with E-state index in [2.05, 4.69) is 0 Å². The number of hydrogen-bond acceptors (Lipinski definition) is 3. The van der Waals surface area contributed by atoms with E-state index in [4.69, 9.17) is 9.84 Å². The predicted molar refractivity (Wildman–Crippen MR) is 59.9 cm³/mol. The number of ether oxygens (including phenoxy) is 1. The fourth-order valence-corrected chi connectivity index (χ4v) is 2.41. The van der Waals surface area contributed by atoms with Gasteiger partial charge in [-0.05, 0) is 25.7 Å². The summed E-state index contributed by atoms with van der Waals surface area (Å²) in [4.78, 5) is 14.0. The van der Waals surface area contributed by atoms with Crippen molar-refractivity contribution in [3.05, 3.63) is 0 Å². The minimum absolute atomic E-state index is 0.00801. The van der Waals surface area contributed by atoms with Crippen LogP contribution in [0.4, 0.5) is 0 Å². The van der Waals surface area contributed by atoms with E-state index in [1.54, 1.807) is 0 Å². The SMILES string of the molecule is CC1CN(C(=O)C(C)C2CC2)CC(CO)O1. The molecule has 4 nitrogen and oxygen atoms in total. The van der Waals surface area contributed by atoms with Crippen LogP contribution in [0, 0.1) is 11.8 Å². The summed E-state index contributed by atoms with van der Waals surface area (Å²) in [7, 11) is 0. The average Bonchev–Trinajstić information content (AvgIpc) is 3.10. The van der Waals surface area contributed by atoms with Crippen molar-refractivity contribution in [2.24, 2.45) is 11.8 Å². The number of hydrogen-bond donors (Lipinski definition) is 1. The van der Waals surface area contributed by atoms with Gasteiger partial charge in [0, 0.05) is 19.0 Å². The largest absolute Gasteiger partial charge is 0.394 e. The zero-order valence-electron chi connectivity index (χ0n) is 10.1. The maximum Gasteiger partial charge on any atom is 0.225 e. The minimum Gasteiger partial charge on any atom is -0.394 e. The lowest BCUT2D eigenvalue weighted by Gasteiger charge is -2.37. The van der Waals surface area contributed by atoms with Gasteiger partial charge >= 0.3 is 0 Å². The van der Waals surface area contributed by atoms with Gasteiger partial charge in [0.1, 0.15) is 0 Å². The van der Waals surface area contributed by atoms with Crippen molar-refractivity contribution in [3.8, 4) is 0 Å². The number of carbonyl (C=O) groups is 1. The molecule has 1 aliphatic heterocycles. The van der Waals surface area contributed by atoms with Gasteiger partial charge in [0.2, 0.25) is 5.91 Å². The highest BCUT2D eigenvalue weighted by molar-refractivity contribution is 5.79. The first-order valence-electron chi connectivity index (χ1n) is 6.17. The van der Waals surface area contributed by atoms with Crippen molar-refractivity contribution in [1.82, 2.24) is 4.90 Å². The number of carbonyl (C=O) groups excluding carboxylic acids is 1. The molecule has 3 unspecified atom stereocenters. The lowest BCUT2D eigenvalue weighted by molar-refractivity contribution is -0.151. The van der Waals surface area contributed by atoms with Gasteiger partial charge in [-0.1, -0.05) is 6.92 Å². The molecule has 3 atom stereocenters. The van der Waals surface area contributed by atoms with E-state index in [9.17, 15) is 4.79 Å². The third-order valence-electron chi connectivity index (χ3n) is 3.56. The Morgan fingerprint density at radius 2 is 2.19 bits per heavy atom. The fraction of sp³-hybridized carbons (Fsp3) is 0.917. The van der Waals surface area contributed by atoms with Crippen LogP contribution in [0.3, 0.4) is 0 Å². The van der Waals surface area contributed by atoms with Crippen molar-refractivity contribution < 1.29 is 14.6 Å². The minimum atomic E-state index is -0.209. The summed E-state index contributed by atoms with van der Waals surface area (Å²) in [5.74, 6) is 0.971. The molecular weight excluding hydrogens is 206 g/mol. The van der Waals surface area contributed by atoms with Crippen LogP contribution in [0.15, 0.2) is 0 Å². The normalized spacial score (nSPS) is 32.6. The summed E-state index contributed by atoms with van der Waals surface area (Å²) >= 11 is 0. The average molecular weight is 227 g/mol. The predicted octanol–water partition coefficient (Wildman–Crippen LogP) is 0.641. The summed E-state index contributed by atoms with van der Waals surface area (Å²) in [6.07, 6.45) is 2.20. The molecule has 2 rings (SSSR count). The molecule has 0 aromatic carbocycles. The molecule has 0 bridgehead atoms. The highest BCUT2D eigenvalue weighted by Crippen LogP contribution is 2.37. The van der Waals surface area contributed by atoms with E-state index in [0.717, 1.165) is 0 Å². The molecule has 0 spiro atoms. The topological polar surface area (TPSA) is 49.8 Å². The summed E-state index contributed by atoms with van der Waals surface area (Å²) < 4.78 is 5.53. The molecular formula is C12H21NO3. The monoisotopic (exact) mass is 227 g/mol. The number of morpholine rings is 1. The number of aliphatic hydroxyl groups is 1. The van der Waals surface area contributed by atoms with Gasteiger partial charge in [0.15, 0.2) is 0 Å². The lowest BCUT2D eigenvalue weighted by atomic mass is 10.0. The molecule has 92 valence electrons. The van der Waals surface area contributed by atoms with Crippen LogP contribution in [-0.4, -0.2) is 47.8 Å². The van der Waals surface area contributed by atoms with Crippen molar-refractivity contribution >= 4 is 5.91 Å². The number of amides is 1. The van der Waals surface area contributed by atoms with Crippen molar-refractivity contribution in [1.29, 1.82) is 0 Å². The van der Waals surface area contributed by atoms with E-state index in [-0.39, 0.29) is 30.6 Å². The molecule has 0 radical (unpaired) electrons. The van der Waals surface area contributed by atoms with Crippen LogP contribution in [0.5, 0.6) is 0 Å². The van der Waals surface area contributed by atoms with Crippen molar-refractivity contribution in [2.45, 2.75) is 38.9 Å². The summed E-state index contributed by atoms with van der Waals surface area (Å²) in [5, 5.41) is 9.11. The standard InChI is InChI=1S/C12H21NO3/c1-8-5-13(6-11(7-14)16-8)12(15)9(2)10-3-4-10/h8-11,14H,3-7H2,1-2H3. The second kappa shape index (κ2) is 4.72. The molecule has 2 fully saturated rings. The second-order valence-electron chi connectivity index (χ2n) is 5.12. The van der Waals surface area contributed by atoms with Crippen LogP contribution in [0.25, 0.3) is 0 Å². The summed E-state index contributed by atoms with van der Waals surface area (Å²) in [5.41, 5.74) is 0. The van der Waals surface area contributed by atoms with E-state index in [1.807, 2.05) is 18.7 Å². The highest BCUT2D eigenvalue weighted by atomic mass is 16.5. The van der Waals surface area contributed by atoms with Gasteiger partial charge in [-0.3, -0.25) is 4.79 Å². The molecule has 1 saturated heterocycles. The Morgan fingerprint density at radius 1 is 1.50 bits per heavy atom. The zero-order chi connectivity index (χ0) is 11.7. The van der Waals surface area contributed by atoms with Crippen LogP contribution < -0.4 is 0 Å². The lowest BCUT2D eigenvalue weighted by Crippen LogP contribution is -2.51. The van der Waals surface area contributed by atoms with Crippen LogP contribution in [0.1, 0.15) is 26.7 Å². The molecule has 0 aromatic heterocycles. The van der Waals surface area contributed by atoms with Crippen LogP contribution >= 0.6 is 0 Å². The molecule has 1 heterocycles. The molecule has 16 heavy (non-hydrogen) atoms. The first kappa shape index (κ1) is 11.9. The second-order valence-corrected chi connectivity index (χ2v) is 5.12. The van der Waals surface area contributed by atoms with Gasteiger partial charge in [0.05, 0.1) is 18.8 Å². The molecule has 1 aliphatic carbocycles. The van der Waals surface area contributed by atoms with E-state index >= 15 is 0 Å². The Labute approximate surface area is 96.6 Å². The van der Waals surface area contributed by atoms with Gasteiger partial charge in [-0.25, -0.2) is 0 Å². The number of aliphatic hydroxyl groups excluding tert-OH is 1. The zero-order valence-corrected chi connectivity index (χ0v) is 10.1. The number of rotatable bonds is 3. The van der Waals surface area contributed by atoms with Crippen LogP contribution in [0.2, 0.25) is 0 Å². The number of nitrogens with zero attached hydrogens (tertiary/aromatic N) is 1. The molecule has 4 heteroatoms. The fourth-order valence-electron chi connectivity index (χ4n) is 2.41. The third kappa shape index (κ3) is 2.55. The Kier molecular flexibility index (Phi) is 3.50. The van der Waals surface area contributed by atoms with Crippen molar-refractivity contribution in [2.75, 3.05) is 19.7 Å². The van der Waals surface area contributed by atoms with E-state index in [1.165, 1.54) is 12.8 Å². The first-order valence-corrected chi connectivity index (χ1v) is 6.17. The Balaban J connectivity index is 1.93. The smallest absolute Gasteiger partial charge is 0.225 e. The van der Waals surface area contributed by atoms with Gasteiger partial charge in [-0.15, -0.1) is 0 Å². The Hall–Kier alpha value is -0.610. The molecule has 1 N–H and O–H groups in total. The van der Waals surface area contributed by atoms with E-state index in [0.29, 0.717) is 19.0 Å². The quantitative estimate of drug-likeness (QED) is 0.770. The summed E-state index contributed by atoms with van der Waals surface area (Å²) in [6, 6.07) is 0. The molecule has 0 aromatic rings. The molecule has 2 aliphatic rings. The molecule has 1 saturated carbocycles. The maximum atomic E-state index is 12.2. The van der Waals surface area contributed by atoms with Crippen LogP contribution in [-0.2, 0) is 9.53 Å². The van der Waals surface area contributed by atoms with Gasteiger partial charge in [-0.2, -0.15) is 0 Å².